The topological polar surface area (TPSA) is 67.6 Å². The summed E-state index contributed by atoms with van der Waals surface area (Å²) in [6, 6.07) is 0.845. The van der Waals surface area contributed by atoms with Gasteiger partial charge in [-0.2, -0.15) is 0 Å². The lowest BCUT2D eigenvalue weighted by atomic mass is 9.91. The standard InChI is InChI=1S/C13H25N3O2/c14-11-2-1-3-12(10-11)15-5-4-13(17)16-6-8-18-9-7-16/h11-12,15H,1-10,14H2. The van der Waals surface area contributed by atoms with E-state index in [0.29, 0.717) is 31.7 Å². The lowest BCUT2D eigenvalue weighted by molar-refractivity contribution is -0.135. The molecule has 2 fully saturated rings. The zero-order valence-electron chi connectivity index (χ0n) is 11.1. The molecule has 1 saturated heterocycles. The fourth-order valence-corrected chi connectivity index (χ4v) is 2.77. The van der Waals surface area contributed by atoms with Gasteiger partial charge in [-0.25, -0.2) is 0 Å². The molecule has 2 unspecified atom stereocenters. The summed E-state index contributed by atoms with van der Waals surface area (Å²) in [5.41, 5.74) is 5.94. The second-order valence-corrected chi connectivity index (χ2v) is 5.32. The number of nitrogens with two attached hydrogens (primary N) is 1. The first-order valence-electron chi connectivity index (χ1n) is 7.10. The van der Waals surface area contributed by atoms with Gasteiger partial charge in [0.1, 0.15) is 0 Å². The summed E-state index contributed by atoms with van der Waals surface area (Å²) < 4.78 is 5.24. The van der Waals surface area contributed by atoms with Gasteiger partial charge in [0.05, 0.1) is 13.2 Å². The third-order valence-corrected chi connectivity index (χ3v) is 3.85. The first-order chi connectivity index (χ1) is 8.75. The molecule has 1 aliphatic carbocycles. The van der Waals surface area contributed by atoms with E-state index in [4.69, 9.17) is 10.5 Å². The van der Waals surface area contributed by atoms with Crippen molar-refractivity contribution in [3.63, 3.8) is 0 Å². The van der Waals surface area contributed by atoms with Crippen LogP contribution in [0.25, 0.3) is 0 Å². The van der Waals surface area contributed by atoms with Gasteiger partial charge in [0, 0.05) is 38.1 Å². The van der Waals surface area contributed by atoms with Crippen LogP contribution in [0, 0.1) is 0 Å². The van der Waals surface area contributed by atoms with Gasteiger partial charge >= 0.3 is 0 Å². The van der Waals surface area contributed by atoms with Crippen LogP contribution in [-0.2, 0) is 9.53 Å². The van der Waals surface area contributed by atoms with Crippen LogP contribution in [0.2, 0.25) is 0 Å². The van der Waals surface area contributed by atoms with E-state index in [-0.39, 0.29) is 5.91 Å². The normalized spacial score (nSPS) is 29.3. The molecule has 0 radical (unpaired) electrons. The molecule has 1 aliphatic heterocycles. The molecule has 3 N–H and O–H groups in total. The Kier molecular flexibility index (Phi) is 5.41. The summed E-state index contributed by atoms with van der Waals surface area (Å²) in [5.74, 6) is 0.242. The van der Waals surface area contributed by atoms with E-state index in [2.05, 4.69) is 5.32 Å². The molecule has 18 heavy (non-hydrogen) atoms. The number of rotatable bonds is 4. The second kappa shape index (κ2) is 7.07. The Morgan fingerprint density at radius 2 is 2.11 bits per heavy atom. The van der Waals surface area contributed by atoms with Crippen molar-refractivity contribution in [3.05, 3.63) is 0 Å². The highest BCUT2D eigenvalue weighted by Gasteiger charge is 2.20. The molecule has 5 heteroatoms. The van der Waals surface area contributed by atoms with E-state index in [0.717, 1.165) is 32.5 Å². The van der Waals surface area contributed by atoms with Gasteiger partial charge < -0.3 is 20.7 Å². The molecule has 1 amide bonds. The summed E-state index contributed by atoms with van der Waals surface area (Å²) in [7, 11) is 0. The van der Waals surface area contributed by atoms with Crippen molar-refractivity contribution in [3.8, 4) is 0 Å². The zero-order valence-corrected chi connectivity index (χ0v) is 11.1. The highest BCUT2D eigenvalue weighted by Crippen LogP contribution is 2.16. The molecule has 2 aliphatic rings. The van der Waals surface area contributed by atoms with Crippen molar-refractivity contribution in [2.24, 2.45) is 5.73 Å². The quantitative estimate of drug-likeness (QED) is 0.747. The van der Waals surface area contributed by atoms with Crippen molar-refractivity contribution < 1.29 is 9.53 Å². The Hall–Kier alpha value is -0.650. The van der Waals surface area contributed by atoms with Crippen molar-refractivity contribution in [2.75, 3.05) is 32.8 Å². The van der Waals surface area contributed by atoms with Crippen molar-refractivity contribution in [2.45, 2.75) is 44.2 Å². The van der Waals surface area contributed by atoms with Gasteiger partial charge in [-0.05, 0) is 19.3 Å². The maximum absolute atomic E-state index is 11.9. The van der Waals surface area contributed by atoms with Crippen molar-refractivity contribution >= 4 is 5.91 Å². The minimum absolute atomic E-state index is 0.242. The predicted molar refractivity (Wildman–Crippen MR) is 70.3 cm³/mol. The minimum Gasteiger partial charge on any atom is -0.378 e. The lowest BCUT2D eigenvalue weighted by Crippen LogP contribution is -2.43. The number of morpholine rings is 1. The highest BCUT2D eigenvalue weighted by molar-refractivity contribution is 5.76. The van der Waals surface area contributed by atoms with Gasteiger partial charge in [-0.15, -0.1) is 0 Å². The first kappa shape index (κ1) is 13.8. The fourth-order valence-electron chi connectivity index (χ4n) is 2.77. The second-order valence-electron chi connectivity index (χ2n) is 5.32. The number of amides is 1. The van der Waals surface area contributed by atoms with Crippen molar-refractivity contribution in [1.29, 1.82) is 0 Å². The molecule has 2 rings (SSSR count). The molecule has 0 spiro atoms. The number of hydrogen-bond donors (Lipinski definition) is 2. The van der Waals surface area contributed by atoms with E-state index in [1.807, 2.05) is 4.90 Å². The predicted octanol–water partition coefficient (Wildman–Crippen LogP) is 0.0948. The Morgan fingerprint density at radius 1 is 1.33 bits per heavy atom. The molecule has 5 nitrogen and oxygen atoms in total. The van der Waals surface area contributed by atoms with Gasteiger partial charge in [0.15, 0.2) is 0 Å². The van der Waals surface area contributed by atoms with Gasteiger partial charge in [-0.1, -0.05) is 6.42 Å². The van der Waals surface area contributed by atoms with Crippen LogP contribution in [-0.4, -0.2) is 55.7 Å². The summed E-state index contributed by atoms with van der Waals surface area (Å²) in [4.78, 5) is 13.8. The average molecular weight is 255 g/mol. The Morgan fingerprint density at radius 3 is 2.83 bits per heavy atom. The number of ether oxygens (including phenoxy) is 1. The van der Waals surface area contributed by atoms with E-state index in [9.17, 15) is 4.79 Å². The van der Waals surface area contributed by atoms with E-state index >= 15 is 0 Å². The van der Waals surface area contributed by atoms with Crippen molar-refractivity contribution in [1.82, 2.24) is 10.2 Å². The number of carbonyl (C=O) groups is 1. The van der Waals surface area contributed by atoms with Gasteiger partial charge in [0.2, 0.25) is 5.91 Å². The number of carbonyl (C=O) groups excluding carboxylic acids is 1. The lowest BCUT2D eigenvalue weighted by Gasteiger charge is -2.29. The maximum atomic E-state index is 11.9. The van der Waals surface area contributed by atoms with E-state index in [1.165, 1.54) is 12.8 Å². The number of nitrogens with one attached hydrogen (secondary N) is 1. The summed E-state index contributed by atoms with van der Waals surface area (Å²) in [6.07, 6.45) is 5.18. The largest absolute Gasteiger partial charge is 0.378 e. The third kappa shape index (κ3) is 4.23. The molecule has 0 aromatic rings. The fraction of sp³-hybridized carbons (Fsp3) is 0.923. The molecule has 0 aromatic heterocycles. The Balaban J connectivity index is 1.60. The first-order valence-corrected chi connectivity index (χ1v) is 7.10. The van der Waals surface area contributed by atoms with Gasteiger partial charge in [0.25, 0.3) is 0 Å². The zero-order chi connectivity index (χ0) is 12.8. The molecule has 1 saturated carbocycles. The summed E-state index contributed by atoms with van der Waals surface area (Å²) >= 11 is 0. The van der Waals surface area contributed by atoms with E-state index in [1.54, 1.807) is 0 Å². The monoisotopic (exact) mass is 255 g/mol. The van der Waals surface area contributed by atoms with Gasteiger partial charge in [-0.3, -0.25) is 4.79 Å². The molecule has 0 aromatic carbocycles. The summed E-state index contributed by atoms with van der Waals surface area (Å²) in [6.45, 7) is 3.61. The molecule has 1 heterocycles. The highest BCUT2D eigenvalue weighted by atomic mass is 16.5. The number of nitrogens with zero attached hydrogens (tertiary/aromatic N) is 1. The van der Waals surface area contributed by atoms with Crippen LogP contribution in [0.15, 0.2) is 0 Å². The van der Waals surface area contributed by atoms with Crippen LogP contribution in [0.3, 0.4) is 0 Å². The molecule has 104 valence electrons. The maximum Gasteiger partial charge on any atom is 0.224 e. The third-order valence-electron chi connectivity index (χ3n) is 3.85. The Bertz CT molecular complexity index is 267. The molecule has 0 bridgehead atoms. The minimum atomic E-state index is 0.242. The van der Waals surface area contributed by atoms with Crippen LogP contribution >= 0.6 is 0 Å². The summed E-state index contributed by atoms with van der Waals surface area (Å²) in [5, 5.41) is 3.46. The molecular formula is C13H25N3O2. The average Bonchev–Trinajstić information content (AvgIpc) is 2.40. The Labute approximate surface area is 109 Å². The molecular weight excluding hydrogens is 230 g/mol. The van der Waals surface area contributed by atoms with Crippen LogP contribution in [0.4, 0.5) is 0 Å². The smallest absolute Gasteiger partial charge is 0.224 e. The van der Waals surface area contributed by atoms with Crippen LogP contribution in [0.1, 0.15) is 32.1 Å². The molecule has 2 atom stereocenters. The van der Waals surface area contributed by atoms with Crippen LogP contribution in [0.5, 0.6) is 0 Å². The van der Waals surface area contributed by atoms with E-state index < -0.39 is 0 Å². The number of hydrogen-bond acceptors (Lipinski definition) is 4. The SMILES string of the molecule is NC1CCCC(NCCC(=O)N2CCOCC2)C1. The van der Waals surface area contributed by atoms with Crippen LogP contribution < -0.4 is 11.1 Å².